The van der Waals surface area contributed by atoms with Gasteiger partial charge in [0.15, 0.2) is 0 Å². The van der Waals surface area contributed by atoms with Gasteiger partial charge in [0.2, 0.25) is 5.13 Å². The summed E-state index contributed by atoms with van der Waals surface area (Å²) in [5.74, 6) is -0.290. The second kappa shape index (κ2) is 6.01. The molecule has 25 heavy (non-hydrogen) atoms. The smallest absolute Gasteiger partial charge is 0.259 e. The zero-order valence-corrected chi connectivity index (χ0v) is 15.3. The highest BCUT2D eigenvalue weighted by Gasteiger charge is 2.21. The molecule has 0 atom stereocenters. The van der Waals surface area contributed by atoms with Gasteiger partial charge in [0.25, 0.3) is 11.6 Å². The Bertz CT molecular complexity index is 1080. The predicted molar refractivity (Wildman–Crippen MR) is 97.2 cm³/mol. The van der Waals surface area contributed by atoms with Crippen molar-refractivity contribution in [2.45, 2.75) is 20.8 Å². The minimum atomic E-state index is -0.290. The first kappa shape index (κ1) is 15.9. The van der Waals surface area contributed by atoms with Gasteiger partial charge in [0.1, 0.15) is 5.51 Å². The highest BCUT2D eigenvalue weighted by atomic mass is 32.1. The maximum absolute atomic E-state index is 12.8. The molecule has 1 N–H and O–H groups in total. The molecule has 0 aromatic carbocycles. The first-order valence-electron chi connectivity index (χ1n) is 7.45. The van der Waals surface area contributed by atoms with Crippen molar-refractivity contribution in [1.82, 2.24) is 20.3 Å². The summed E-state index contributed by atoms with van der Waals surface area (Å²) >= 11 is 2.95. The lowest BCUT2D eigenvalue weighted by molar-refractivity contribution is 0.102. The largest absolute Gasteiger partial charge is 0.335 e. The van der Waals surface area contributed by atoms with Crippen LogP contribution in [0.25, 0.3) is 22.4 Å². The standard InChI is InChI=1S/C16H13N5O2S2/c1-7-4-10(9(3)25-7)12-5-11(13-8(2)21-23-15(13)18-12)14(22)19-16-20-17-6-24-16/h4-6H,1-3H3,(H,19,20,22). The number of thiophene rings is 1. The lowest BCUT2D eigenvalue weighted by atomic mass is 10.1. The van der Waals surface area contributed by atoms with Crippen LogP contribution in [0.2, 0.25) is 0 Å². The van der Waals surface area contributed by atoms with Crippen LogP contribution in [-0.4, -0.2) is 26.2 Å². The average molecular weight is 371 g/mol. The number of fused-ring (bicyclic) bond motifs is 1. The van der Waals surface area contributed by atoms with E-state index in [4.69, 9.17) is 4.52 Å². The van der Waals surface area contributed by atoms with Gasteiger partial charge in [-0.05, 0) is 32.9 Å². The van der Waals surface area contributed by atoms with Crippen LogP contribution in [0.1, 0.15) is 25.8 Å². The molecular weight excluding hydrogens is 358 g/mol. The molecule has 1 amide bonds. The van der Waals surface area contributed by atoms with Crippen LogP contribution in [0.5, 0.6) is 0 Å². The minimum absolute atomic E-state index is 0.290. The quantitative estimate of drug-likeness (QED) is 0.585. The fourth-order valence-corrected chi connectivity index (χ4v) is 4.06. The molecule has 7 nitrogen and oxygen atoms in total. The van der Waals surface area contributed by atoms with Crippen molar-refractivity contribution in [2.24, 2.45) is 0 Å². The van der Waals surface area contributed by atoms with Crippen LogP contribution >= 0.6 is 22.7 Å². The van der Waals surface area contributed by atoms with E-state index in [2.05, 4.69) is 31.7 Å². The van der Waals surface area contributed by atoms with Gasteiger partial charge in [0.05, 0.1) is 22.3 Å². The number of carbonyl (C=O) groups is 1. The molecule has 4 rings (SSSR count). The third-order valence-electron chi connectivity index (χ3n) is 3.76. The Morgan fingerprint density at radius 2 is 2.08 bits per heavy atom. The van der Waals surface area contributed by atoms with Crippen molar-refractivity contribution in [3.63, 3.8) is 0 Å². The minimum Gasteiger partial charge on any atom is -0.335 e. The Morgan fingerprint density at radius 3 is 2.76 bits per heavy atom. The summed E-state index contributed by atoms with van der Waals surface area (Å²) in [5.41, 5.74) is 4.66. The van der Waals surface area contributed by atoms with Gasteiger partial charge in [-0.15, -0.1) is 21.5 Å². The van der Waals surface area contributed by atoms with E-state index in [9.17, 15) is 4.79 Å². The zero-order valence-electron chi connectivity index (χ0n) is 13.7. The van der Waals surface area contributed by atoms with Gasteiger partial charge in [-0.25, -0.2) is 4.98 Å². The number of nitrogens with zero attached hydrogens (tertiary/aromatic N) is 4. The van der Waals surface area contributed by atoms with E-state index >= 15 is 0 Å². The average Bonchev–Trinajstić information content (AvgIpc) is 3.28. The normalized spacial score (nSPS) is 11.2. The van der Waals surface area contributed by atoms with Crippen molar-refractivity contribution >= 4 is 44.8 Å². The first-order chi connectivity index (χ1) is 12.0. The summed E-state index contributed by atoms with van der Waals surface area (Å²) < 4.78 is 5.32. The van der Waals surface area contributed by atoms with E-state index in [1.54, 1.807) is 29.8 Å². The Hall–Kier alpha value is -2.65. The van der Waals surface area contributed by atoms with E-state index in [-0.39, 0.29) is 5.91 Å². The Kier molecular flexibility index (Phi) is 3.81. The molecule has 0 unspecified atom stereocenters. The van der Waals surface area contributed by atoms with E-state index in [1.165, 1.54) is 16.2 Å². The fraction of sp³-hybridized carbons (Fsp3) is 0.188. The monoisotopic (exact) mass is 371 g/mol. The predicted octanol–water partition coefficient (Wildman–Crippen LogP) is 3.98. The molecule has 0 aliphatic heterocycles. The number of pyridine rings is 1. The molecule has 0 spiro atoms. The van der Waals surface area contributed by atoms with Crippen LogP contribution in [-0.2, 0) is 0 Å². The van der Waals surface area contributed by atoms with Gasteiger partial charge < -0.3 is 4.52 Å². The van der Waals surface area contributed by atoms with Crippen molar-refractivity contribution in [1.29, 1.82) is 0 Å². The maximum atomic E-state index is 12.8. The summed E-state index contributed by atoms with van der Waals surface area (Å²) in [6, 6.07) is 3.83. The summed E-state index contributed by atoms with van der Waals surface area (Å²) in [6.07, 6.45) is 0. The summed E-state index contributed by atoms with van der Waals surface area (Å²) in [4.78, 5) is 19.7. The summed E-state index contributed by atoms with van der Waals surface area (Å²) in [6.45, 7) is 5.86. The third-order valence-corrected chi connectivity index (χ3v) is 5.33. The highest BCUT2D eigenvalue weighted by Crippen LogP contribution is 2.33. The third kappa shape index (κ3) is 2.81. The maximum Gasteiger partial charge on any atom is 0.259 e. The summed E-state index contributed by atoms with van der Waals surface area (Å²) in [5, 5.41) is 15.3. The molecule has 0 saturated heterocycles. The van der Waals surface area contributed by atoms with E-state index < -0.39 is 0 Å². The number of nitrogens with one attached hydrogen (secondary N) is 1. The van der Waals surface area contributed by atoms with Crippen LogP contribution in [0, 0.1) is 20.8 Å². The van der Waals surface area contributed by atoms with Crippen molar-refractivity contribution < 1.29 is 9.32 Å². The van der Waals surface area contributed by atoms with Crippen molar-refractivity contribution in [3.05, 3.63) is 38.7 Å². The van der Waals surface area contributed by atoms with Crippen molar-refractivity contribution in [2.75, 3.05) is 5.32 Å². The number of hydrogen-bond donors (Lipinski definition) is 1. The molecule has 0 bridgehead atoms. The second-order valence-corrected chi connectivity index (χ2v) is 7.82. The van der Waals surface area contributed by atoms with E-state index in [0.29, 0.717) is 33.2 Å². The molecule has 0 aliphatic rings. The molecule has 4 aromatic heterocycles. The molecule has 4 aromatic rings. The molecule has 9 heteroatoms. The molecular formula is C16H13N5O2S2. The number of rotatable bonds is 3. The zero-order chi connectivity index (χ0) is 17.6. The molecule has 0 aliphatic carbocycles. The van der Waals surface area contributed by atoms with Crippen LogP contribution < -0.4 is 5.32 Å². The Balaban J connectivity index is 1.87. The topological polar surface area (TPSA) is 93.8 Å². The molecule has 0 fully saturated rings. The SMILES string of the molecule is Cc1cc(-c2cc(C(=O)Nc3nncs3)c3c(C)noc3n2)c(C)s1. The Labute approximate surface area is 150 Å². The van der Waals surface area contributed by atoms with Crippen LogP contribution in [0.3, 0.4) is 0 Å². The molecule has 4 heterocycles. The number of carbonyl (C=O) groups excluding carboxylic acids is 1. The molecule has 0 saturated carbocycles. The number of anilines is 1. The lowest BCUT2D eigenvalue weighted by Crippen LogP contribution is -2.13. The van der Waals surface area contributed by atoms with Gasteiger partial charge in [0, 0.05) is 15.3 Å². The van der Waals surface area contributed by atoms with E-state index in [1.807, 2.05) is 13.8 Å². The highest BCUT2D eigenvalue weighted by molar-refractivity contribution is 7.13. The van der Waals surface area contributed by atoms with Gasteiger partial charge in [-0.2, -0.15) is 0 Å². The number of aromatic nitrogens is 4. The Morgan fingerprint density at radius 1 is 1.24 bits per heavy atom. The van der Waals surface area contributed by atoms with Gasteiger partial charge >= 0.3 is 0 Å². The number of hydrogen-bond acceptors (Lipinski definition) is 8. The van der Waals surface area contributed by atoms with Crippen LogP contribution in [0.4, 0.5) is 5.13 Å². The number of amides is 1. The molecule has 0 radical (unpaired) electrons. The van der Waals surface area contributed by atoms with Gasteiger partial charge in [-0.3, -0.25) is 10.1 Å². The van der Waals surface area contributed by atoms with Crippen LogP contribution in [0.15, 0.2) is 22.2 Å². The van der Waals surface area contributed by atoms with Gasteiger partial charge in [-0.1, -0.05) is 16.5 Å². The summed E-state index contributed by atoms with van der Waals surface area (Å²) in [7, 11) is 0. The lowest BCUT2D eigenvalue weighted by Gasteiger charge is -2.06. The second-order valence-electron chi connectivity index (χ2n) is 5.53. The van der Waals surface area contributed by atoms with E-state index in [0.717, 1.165) is 10.4 Å². The van der Waals surface area contributed by atoms with Crippen molar-refractivity contribution in [3.8, 4) is 11.3 Å². The number of aryl methyl sites for hydroxylation is 3. The first-order valence-corrected chi connectivity index (χ1v) is 9.14. The molecule has 126 valence electrons. The fourth-order valence-electron chi connectivity index (χ4n) is 2.69.